The minimum absolute atomic E-state index is 0.0543. The molecule has 0 radical (unpaired) electrons. The highest BCUT2D eigenvalue weighted by atomic mass is 16.5. The van der Waals surface area contributed by atoms with Crippen molar-refractivity contribution in [2.45, 2.75) is 26.8 Å². The fourth-order valence-electron chi connectivity index (χ4n) is 2.91. The number of aromatic nitrogens is 2. The van der Waals surface area contributed by atoms with Crippen LogP contribution in [0.1, 0.15) is 18.9 Å². The van der Waals surface area contributed by atoms with E-state index >= 15 is 0 Å². The van der Waals surface area contributed by atoms with Gasteiger partial charge < -0.3 is 10.1 Å². The zero-order valence-corrected chi connectivity index (χ0v) is 15.3. The van der Waals surface area contributed by atoms with Gasteiger partial charge in [-0.1, -0.05) is 25.1 Å². The Balaban J connectivity index is 1.85. The molecule has 1 aromatic heterocycles. The molecule has 0 saturated carbocycles. The van der Waals surface area contributed by atoms with E-state index in [0.717, 1.165) is 23.0 Å². The quantitative estimate of drug-likeness (QED) is 0.741. The number of hydrogen-bond donors (Lipinski definition) is 1. The topological polar surface area (TPSA) is 65.3 Å². The van der Waals surface area contributed by atoms with Gasteiger partial charge in [0, 0.05) is 7.05 Å². The highest BCUT2D eigenvalue weighted by molar-refractivity contribution is 5.93. The number of benzene rings is 2. The van der Waals surface area contributed by atoms with Crippen molar-refractivity contribution in [3.8, 4) is 5.75 Å². The molecule has 26 heavy (non-hydrogen) atoms. The summed E-state index contributed by atoms with van der Waals surface area (Å²) < 4.78 is 8.75. The van der Waals surface area contributed by atoms with Gasteiger partial charge in [-0.25, -0.2) is 4.79 Å². The SMILES string of the molecule is CCCOc1cc(C)ccc1NC(=O)Cn1c(=O)n(C)c2ccccc21. The van der Waals surface area contributed by atoms with Gasteiger partial charge in [0.05, 0.1) is 23.3 Å². The molecule has 2 aromatic carbocycles. The summed E-state index contributed by atoms with van der Waals surface area (Å²) >= 11 is 0. The number of hydrogen-bond acceptors (Lipinski definition) is 3. The van der Waals surface area contributed by atoms with Crippen molar-refractivity contribution >= 4 is 22.6 Å². The Bertz CT molecular complexity index is 1000. The van der Waals surface area contributed by atoms with E-state index in [-0.39, 0.29) is 18.1 Å². The second kappa shape index (κ2) is 7.47. The molecule has 1 N–H and O–H groups in total. The lowest BCUT2D eigenvalue weighted by Crippen LogP contribution is -2.28. The lowest BCUT2D eigenvalue weighted by atomic mass is 10.2. The molecule has 0 aliphatic heterocycles. The van der Waals surface area contributed by atoms with Gasteiger partial charge in [-0.3, -0.25) is 13.9 Å². The minimum atomic E-state index is -0.270. The highest BCUT2D eigenvalue weighted by Gasteiger charge is 2.14. The number of aryl methyl sites for hydroxylation is 2. The van der Waals surface area contributed by atoms with E-state index in [1.807, 2.05) is 56.3 Å². The molecule has 136 valence electrons. The first-order valence-corrected chi connectivity index (χ1v) is 8.68. The molecule has 0 bridgehead atoms. The third kappa shape index (κ3) is 3.49. The van der Waals surface area contributed by atoms with Crippen molar-refractivity contribution in [2.75, 3.05) is 11.9 Å². The number of amides is 1. The second-order valence-corrected chi connectivity index (χ2v) is 6.31. The first-order valence-electron chi connectivity index (χ1n) is 8.68. The van der Waals surface area contributed by atoms with Crippen LogP contribution in [0.15, 0.2) is 47.3 Å². The lowest BCUT2D eigenvalue weighted by molar-refractivity contribution is -0.116. The van der Waals surface area contributed by atoms with E-state index in [1.165, 1.54) is 4.57 Å². The third-order valence-electron chi connectivity index (χ3n) is 4.23. The fourth-order valence-corrected chi connectivity index (χ4v) is 2.91. The van der Waals surface area contributed by atoms with Gasteiger partial charge in [-0.05, 0) is 43.2 Å². The van der Waals surface area contributed by atoms with E-state index in [1.54, 1.807) is 11.6 Å². The molecular formula is C20H23N3O3. The Hall–Kier alpha value is -3.02. The number of fused-ring (bicyclic) bond motifs is 1. The van der Waals surface area contributed by atoms with Crippen LogP contribution in [0.2, 0.25) is 0 Å². The number of nitrogens with one attached hydrogen (secondary N) is 1. The van der Waals surface area contributed by atoms with Gasteiger partial charge in [-0.2, -0.15) is 0 Å². The van der Waals surface area contributed by atoms with Crippen LogP contribution in [0.4, 0.5) is 5.69 Å². The molecule has 6 nitrogen and oxygen atoms in total. The molecule has 0 aliphatic rings. The van der Waals surface area contributed by atoms with E-state index < -0.39 is 0 Å². The molecule has 1 heterocycles. The van der Waals surface area contributed by atoms with Crippen LogP contribution >= 0.6 is 0 Å². The predicted octanol–water partition coefficient (Wildman–Crippen LogP) is 3.08. The maximum Gasteiger partial charge on any atom is 0.329 e. The Morgan fingerprint density at radius 2 is 1.88 bits per heavy atom. The van der Waals surface area contributed by atoms with E-state index in [2.05, 4.69) is 5.32 Å². The summed E-state index contributed by atoms with van der Waals surface area (Å²) in [6, 6.07) is 13.1. The largest absolute Gasteiger partial charge is 0.491 e. The molecule has 0 spiro atoms. The van der Waals surface area contributed by atoms with E-state index in [4.69, 9.17) is 4.74 Å². The van der Waals surface area contributed by atoms with E-state index in [9.17, 15) is 9.59 Å². The van der Waals surface area contributed by atoms with Crippen LogP contribution in [0.5, 0.6) is 5.75 Å². The minimum Gasteiger partial charge on any atom is -0.491 e. The molecule has 0 fully saturated rings. The maximum absolute atomic E-state index is 12.6. The van der Waals surface area contributed by atoms with Crippen LogP contribution < -0.4 is 15.7 Å². The number of carbonyl (C=O) groups excluding carboxylic acids is 1. The van der Waals surface area contributed by atoms with Crippen LogP contribution in [-0.4, -0.2) is 21.6 Å². The van der Waals surface area contributed by atoms with Crippen molar-refractivity contribution in [1.82, 2.24) is 9.13 Å². The van der Waals surface area contributed by atoms with Crippen molar-refractivity contribution in [3.63, 3.8) is 0 Å². The molecule has 1 amide bonds. The molecule has 0 saturated heterocycles. The average Bonchev–Trinajstić information content (AvgIpc) is 2.87. The van der Waals surface area contributed by atoms with Gasteiger partial charge in [0.15, 0.2) is 0 Å². The van der Waals surface area contributed by atoms with Gasteiger partial charge >= 0.3 is 5.69 Å². The number of anilines is 1. The number of para-hydroxylation sites is 2. The smallest absolute Gasteiger partial charge is 0.329 e. The summed E-state index contributed by atoms with van der Waals surface area (Å²) in [7, 11) is 1.70. The summed E-state index contributed by atoms with van der Waals surface area (Å²) in [4.78, 5) is 25.0. The first-order chi connectivity index (χ1) is 12.5. The maximum atomic E-state index is 12.6. The van der Waals surface area contributed by atoms with Crippen LogP contribution in [-0.2, 0) is 18.4 Å². The zero-order chi connectivity index (χ0) is 18.7. The average molecular weight is 353 g/mol. The first kappa shape index (κ1) is 17.8. The normalized spacial score (nSPS) is 10.9. The summed E-state index contributed by atoms with van der Waals surface area (Å²) in [5.74, 6) is 0.374. The van der Waals surface area contributed by atoms with Gasteiger partial charge in [0.2, 0.25) is 5.91 Å². The number of rotatable bonds is 6. The van der Waals surface area contributed by atoms with Crippen molar-refractivity contribution in [3.05, 3.63) is 58.5 Å². The van der Waals surface area contributed by atoms with Crippen LogP contribution in [0.3, 0.4) is 0 Å². The third-order valence-corrected chi connectivity index (χ3v) is 4.23. The Kier molecular flexibility index (Phi) is 5.11. The monoisotopic (exact) mass is 353 g/mol. The molecule has 3 rings (SSSR count). The lowest BCUT2D eigenvalue weighted by Gasteiger charge is -2.13. The predicted molar refractivity (Wildman–Crippen MR) is 103 cm³/mol. The summed E-state index contributed by atoms with van der Waals surface area (Å²) in [5.41, 5.74) is 2.99. The second-order valence-electron chi connectivity index (χ2n) is 6.31. The Morgan fingerprint density at radius 1 is 1.15 bits per heavy atom. The number of ether oxygens (including phenoxy) is 1. The van der Waals surface area contributed by atoms with Gasteiger partial charge in [0.1, 0.15) is 12.3 Å². The molecule has 0 unspecified atom stereocenters. The fraction of sp³-hybridized carbons (Fsp3) is 0.300. The van der Waals surface area contributed by atoms with Crippen molar-refractivity contribution in [2.24, 2.45) is 7.05 Å². The molecule has 6 heteroatoms. The Morgan fingerprint density at radius 3 is 2.62 bits per heavy atom. The molecule has 3 aromatic rings. The molecule has 0 aliphatic carbocycles. The molecule has 0 atom stereocenters. The van der Waals surface area contributed by atoms with E-state index in [0.29, 0.717) is 18.0 Å². The summed E-state index contributed by atoms with van der Waals surface area (Å²) in [6.07, 6.45) is 0.882. The van der Waals surface area contributed by atoms with Crippen molar-refractivity contribution in [1.29, 1.82) is 0 Å². The number of carbonyl (C=O) groups is 1. The van der Waals surface area contributed by atoms with Gasteiger partial charge in [0.25, 0.3) is 0 Å². The summed E-state index contributed by atoms with van der Waals surface area (Å²) in [5, 5.41) is 2.86. The summed E-state index contributed by atoms with van der Waals surface area (Å²) in [6.45, 7) is 4.53. The van der Waals surface area contributed by atoms with Crippen molar-refractivity contribution < 1.29 is 9.53 Å². The Labute approximate surface area is 152 Å². The standard InChI is InChI=1S/C20H23N3O3/c1-4-11-26-18-12-14(2)9-10-15(18)21-19(24)13-23-17-8-6-5-7-16(17)22(3)20(23)25/h5-10,12H,4,11,13H2,1-3H3,(H,21,24). The highest BCUT2D eigenvalue weighted by Crippen LogP contribution is 2.26. The van der Waals surface area contributed by atoms with Crippen LogP contribution in [0, 0.1) is 6.92 Å². The van der Waals surface area contributed by atoms with Crippen LogP contribution in [0.25, 0.3) is 11.0 Å². The number of nitrogens with zero attached hydrogens (tertiary/aromatic N) is 2. The zero-order valence-electron chi connectivity index (χ0n) is 15.3. The van der Waals surface area contributed by atoms with Gasteiger partial charge in [-0.15, -0.1) is 0 Å². The molecular weight excluding hydrogens is 330 g/mol. The number of imidazole rings is 1.